The summed E-state index contributed by atoms with van der Waals surface area (Å²) in [4.78, 5) is 16.4. The first-order chi connectivity index (χ1) is 12.1. The molecule has 0 aliphatic carbocycles. The van der Waals surface area contributed by atoms with E-state index >= 15 is 0 Å². The van der Waals surface area contributed by atoms with Gasteiger partial charge in [-0.3, -0.25) is 14.8 Å². The maximum Gasteiger partial charge on any atom is 0.236 e. The van der Waals surface area contributed by atoms with Gasteiger partial charge in [-0.25, -0.2) is 0 Å². The molecule has 0 bridgehead atoms. The number of aromatic amines is 1. The van der Waals surface area contributed by atoms with Gasteiger partial charge in [-0.1, -0.05) is 5.16 Å². The van der Waals surface area contributed by atoms with Crippen molar-refractivity contribution in [1.82, 2.24) is 25.2 Å². The number of hydrogen-bond acceptors (Lipinski definition) is 5. The second-order valence-electron chi connectivity index (χ2n) is 6.65. The molecular formula is C18H27N5O2. The Morgan fingerprint density at radius 2 is 2.08 bits per heavy atom. The molecule has 2 aromatic heterocycles. The lowest BCUT2D eigenvalue weighted by molar-refractivity contribution is -0.132. The van der Waals surface area contributed by atoms with Crippen LogP contribution in [-0.4, -0.2) is 63.8 Å². The van der Waals surface area contributed by atoms with Crippen molar-refractivity contribution in [2.24, 2.45) is 0 Å². The summed E-state index contributed by atoms with van der Waals surface area (Å²) in [5.41, 5.74) is 2.98. The van der Waals surface area contributed by atoms with Crippen LogP contribution in [0.15, 0.2) is 16.8 Å². The van der Waals surface area contributed by atoms with E-state index in [2.05, 4.69) is 20.3 Å². The fraction of sp³-hybridized carbons (Fsp3) is 0.611. The Balaban J connectivity index is 1.60. The molecule has 1 N–H and O–H groups in total. The van der Waals surface area contributed by atoms with Crippen LogP contribution < -0.4 is 0 Å². The summed E-state index contributed by atoms with van der Waals surface area (Å²) in [6.45, 7) is 9.89. The highest BCUT2D eigenvalue weighted by molar-refractivity contribution is 5.78. The zero-order chi connectivity index (χ0) is 17.8. The number of carbonyl (C=O) groups excluding carboxylic acids is 1. The quantitative estimate of drug-likeness (QED) is 0.870. The van der Waals surface area contributed by atoms with Crippen LogP contribution in [0.1, 0.15) is 44.0 Å². The molecule has 0 radical (unpaired) electrons. The smallest absolute Gasteiger partial charge is 0.236 e. The highest BCUT2D eigenvalue weighted by atomic mass is 16.5. The lowest BCUT2D eigenvalue weighted by Gasteiger charge is -2.32. The molecule has 0 aromatic carbocycles. The topological polar surface area (TPSA) is 78.3 Å². The SMILES string of the molecule is CCN(CC)C(=O)CN1CCC(c2[nH]ncc2-c2cc(C)no2)CC1. The number of nitrogens with zero attached hydrogens (tertiary/aromatic N) is 4. The van der Waals surface area contributed by atoms with E-state index in [1.165, 1.54) is 0 Å². The van der Waals surface area contributed by atoms with Crippen LogP contribution in [0.25, 0.3) is 11.3 Å². The molecule has 1 aliphatic rings. The van der Waals surface area contributed by atoms with Crippen LogP contribution in [0.3, 0.4) is 0 Å². The van der Waals surface area contributed by atoms with Gasteiger partial charge in [-0.2, -0.15) is 5.10 Å². The van der Waals surface area contributed by atoms with Crippen LogP contribution in [0.4, 0.5) is 0 Å². The number of likely N-dealkylation sites (tertiary alicyclic amines) is 1. The zero-order valence-electron chi connectivity index (χ0n) is 15.3. The van der Waals surface area contributed by atoms with E-state index in [4.69, 9.17) is 4.52 Å². The van der Waals surface area contributed by atoms with E-state index in [1.807, 2.05) is 37.9 Å². The van der Waals surface area contributed by atoms with Crippen LogP contribution in [0.5, 0.6) is 0 Å². The number of amides is 1. The molecule has 3 heterocycles. The van der Waals surface area contributed by atoms with E-state index in [0.29, 0.717) is 12.5 Å². The van der Waals surface area contributed by atoms with Gasteiger partial charge < -0.3 is 9.42 Å². The second kappa shape index (κ2) is 7.82. The molecule has 0 atom stereocenters. The van der Waals surface area contributed by atoms with Gasteiger partial charge in [0.1, 0.15) is 0 Å². The van der Waals surface area contributed by atoms with Crippen molar-refractivity contribution >= 4 is 5.91 Å². The van der Waals surface area contributed by atoms with Crippen LogP contribution >= 0.6 is 0 Å². The maximum absolute atomic E-state index is 12.3. The van der Waals surface area contributed by atoms with Gasteiger partial charge in [0.2, 0.25) is 5.91 Å². The number of carbonyl (C=O) groups is 1. The average molecular weight is 345 g/mol. The van der Waals surface area contributed by atoms with Crippen molar-refractivity contribution in [2.75, 3.05) is 32.7 Å². The summed E-state index contributed by atoms with van der Waals surface area (Å²) in [7, 11) is 0. The Hall–Kier alpha value is -2.15. The fourth-order valence-electron chi connectivity index (χ4n) is 3.54. The van der Waals surface area contributed by atoms with Crippen molar-refractivity contribution in [3.05, 3.63) is 23.7 Å². The molecule has 25 heavy (non-hydrogen) atoms. The molecule has 3 rings (SSSR count). The number of piperidine rings is 1. The minimum Gasteiger partial charge on any atom is -0.356 e. The molecule has 0 spiro atoms. The number of aryl methyl sites for hydroxylation is 1. The summed E-state index contributed by atoms with van der Waals surface area (Å²) in [6.07, 6.45) is 3.83. The second-order valence-corrected chi connectivity index (χ2v) is 6.65. The van der Waals surface area contributed by atoms with Gasteiger partial charge in [0, 0.05) is 30.8 Å². The molecule has 7 heteroatoms. The summed E-state index contributed by atoms with van der Waals surface area (Å²) in [5.74, 6) is 1.39. The number of rotatable bonds is 6. The van der Waals surface area contributed by atoms with Crippen molar-refractivity contribution < 1.29 is 9.32 Å². The first kappa shape index (κ1) is 17.7. The molecule has 1 saturated heterocycles. The number of likely N-dealkylation sites (N-methyl/N-ethyl adjacent to an activating group) is 1. The van der Waals surface area contributed by atoms with Gasteiger partial charge >= 0.3 is 0 Å². The average Bonchev–Trinajstić information content (AvgIpc) is 3.25. The van der Waals surface area contributed by atoms with E-state index in [-0.39, 0.29) is 5.91 Å². The Bertz CT molecular complexity index is 696. The first-order valence-electron chi connectivity index (χ1n) is 9.09. The summed E-state index contributed by atoms with van der Waals surface area (Å²) < 4.78 is 5.39. The zero-order valence-corrected chi connectivity index (χ0v) is 15.3. The van der Waals surface area contributed by atoms with Gasteiger partial charge in [0.15, 0.2) is 5.76 Å². The molecule has 7 nitrogen and oxygen atoms in total. The largest absolute Gasteiger partial charge is 0.356 e. The monoisotopic (exact) mass is 345 g/mol. The molecule has 0 saturated carbocycles. The molecular weight excluding hydrogens is 318 g/mol. The molecule has 2 aromatic rings. The minimum absolute atomic E-state index is 0.225. The minimum atomic E-state index is 0.225. The van der Waals surface area contributed by atoms with Crippen molar-refractivity contribution in [3.63, 3.8) is 0 Å². The van der Waals surface area contributed by atoms with Crippen LogP contribution in [-0.2, 0) is 4.79 Å². The highest BCUT2D eigenvalue weighted by Crippen LogP contribution is 2.34. The highest BCUT2D eigenvalue weighted by Gasteiger charge is 2.27. The summed E-state index contributed by atoms with van der Waals surface area (Å²) >= 11 is 0. The number of hydrogen-bond donors (Lipinski definition) is 1. The van der Waals surface area contributed by atoms with Crippen LogP contribution in [0, 0.1) is 6.92 Å². The lowest BCUT2D eigenvalue weighted by Crippen LogP contribution is -2.43. The molecule has 136 valence electrons. The molecule has 0 unspecified atom stereocenters. The van der Waals surface area contributed by atoms with Gasteiger partial charge in [-0.05, 0) is 46.7 Å². The predicted octanol–water partition coefficient (Wildman–Crippen LogP) is 2.42. The molecule has 1 amide bonds. The molecule has 1 aliphatic heterocycles. The van der Waals surface area contributed by atoms with E-state index in [9.17, 15) is 4.79 Å². The fourth-order valence-corrected chi connectivity index (χ4v) is 3.54. The van der Waals surface area contributed by atoms with Crippen molar-refractivity contribution in [2.45, 2.75) is 39.5 Å². The third-order valence-corrected chi connectivity index (χ3v) is 5.03. The van der Waals surface area contributed by atoms with Gasteiger partial charge in [-0.15, -0.1) is 0 Å². The maximum atomic E-state index is 12.3. The third-order valence-electron chi connectivity index (χ3n) is 5.03. The normalized spacial score (nSPS) is 16.3. The van der Waals surface area contributed by atoms with Crippen molar-refractivity contribution in [1.29, 1.82) is 0 Å². The first-order valence-corrected chi connectivity index (χ1v) is 9.09. The number of aromatic nitrogens is 3. The Morgan fingerprint density at radius 1 is 1.36 bits per heavy atom. The standard InChI is InChI=1S/C18H27N5O2/c1-4-23(5-2)17(24)12-22-8-6-14(7-9-22)18-15(11-19-20-18)16-10-13(3)21-25-16/h10-11,14H,4-9,12H2,1-3H3,(H,19,20). The summed E-state index contributed by atoms with van der Waals surface area (Å²) in [6, 6.07) is 1.94. The number of H-pyrrole nitrogens is 1. The van der Waals surface area contributed by atoms with E-state index < -0.39 is 0 Å². The Morgan fingerprint density at radius 3 is 2.68 bits per heavy atom. The lowest BCUT2D eigenvalue weighted by atomic mass is 9.91. The van der Waals surface area contributed by atoms with E-state index in [0.717, 1.165) is 61.7 Å². The van der Waals surface area contributed by atoms with Gasteiger partial charge in [0.25, 0.3) is 0 Å². The molecule has 1 fully saturated rings. The van der Waals surface area contributed by atoms with E-state index in [1.54, 1.807) is 0 Å². The third kappa shape index (κ3) is 3.92. The van der Waals surface area contributed by atoms with Crippen LogP contribution in [0.2, 0.25) is 0 Å². The predicted molar refractivity (Wildman–Crippen MR) is 95.2 cm³/mol. The Labute approximate surface area is 148 Å². The summed E-state index contributed by atoms with van der Waals surface area (Å²) in [5, 5.41) is 11.3. The number of nitrogens with one attached hydrogen (secondary N) is 1. The van der Waals surface area contributed by atoms with Crippen molar-refractivity contribution in [3.8, 4) is 11.3 Å². The Kier molecular flexibility index (Phi) is 5.53. The van der Waals surface area contributed by atoms with Gasteiger partial charge in [0.05, 0.1) is 24.0 Å².